The van der Waals surface area contributed by atoms with Crippen molar-refractivity contribution >= 4 is 40.0 Å². The molecule has 0 unspecified atom stereocenters. The number of aliphatic imine (C=N–C) groups is 1. The number of hydrogen-bond acceptors (Lipinski definition) is 3. The normalized spacial score (nSPS) is 15.4. The Morgan fingerprint density at radius 3 is 2.50 bits per heavy atom. The Morgan fingerprint density at radius 1 is 1.07 bits per heavy atom. The van der Waals surface area contributed by atoms with Crippen LogP contribution in [-0.4, -0.2) is 20.4 Å². The summed E-state index contributed by atoms with van der Waals surface area (Å²) in [5.74, 6) is -0.0182. The highest BCUT2D eigenvalue weighted by Crippen LogP contribution is 2.17. The van der Waals surface area contributed by atoms with Crippen LogP contribution >= 0.6 is 24.0 Å². The van der Waals surface area contributed by atoms with E-state index in [2.05, 4.69) is 15.0 Å². The van der Waals surface area contributed by atoms with Gasteiger partial charge in [0.2, 0.25) is 10.0 Å². The molecule has 9 heteroatoms. The van der Waals surface area contributed by atoms with Gasteiger partial charge in [0.25, 0.3) is 0 Å². The van der Waals surface area contributed by atoms with Crippen molar-refractivity contribution in [3.63, 3.8) is 0 Å². The molecule has 164 valence electrons. The maximum Gasteiger partial charge on any atom is 0.240 e. The number of nitrogens with two attached hydrogens (primary N) is 1. The number of nitrogens with one attached hydrogen (secondary N) is 2. The van der Waals surface area contributed by atoms with E-state index < -0.39 is 15.8 Å². The highest BCUT2D eigenvalue weighted by atomic mass is 127. The van der Waals surface area contributed by atoms with Gasteiger partial charge in [0.15, 0.2) is 5.96 Å². The van der Waals surface area contributed by atoms with Crippen LogP contribution in [0, 0.1) is 5.82 Å². The molecule has 0 aromatic heterocycles. The average molecular weight is 546 g/mol. The second-order valence-electron chi connectivity index (χ2n) is 7.28. The second-order valence-corrected chi connectivity index (χ2v) is 9.05. The van der Waals surface area contributed by atoms with Gasteiger partial charge in [-0.15, -0.1) is 24.0 Å². The molecule has 1 aliphatic rings. The summed E-state index contributed by atoms with van der Waals surface area (Å²) >= 11 is 0. The molecular formula is C21H28FIN4O2S. The lowest BCUT2D eigenvalue weighted by molar-refractivity contribution is 0.412. The number of hydrogen-bond donors (Lipinski definition) is 3. The van der Waals surface area contributed by atoms with E-state index >= 15 is 0 Å². The molecule has 0 radical (unpaired) electrons. The van der Waals surface area contributed by atoms with Crippen LogP contribution < -0.4 is 15.8 Å². The van der Waals surface area contributed by atoms with Crippen molar-refractivity contribution in [1.29, 1.82) is 0 Å². The third-order valence-electron chi connectivity index (χ3n) is 4.95. The summed E-state index contributed by atoms with van der Waals surface area (Å²) in [5, 5.41) is 3.24. The second kappa shape index (κ2) is 11.6. The number of halogens is 2. The van der Waals surface area contributed by atoms with Crippen molar-refractivity contribution in [2.24, 2.45) is 10.7 Å². The molecule has 2 aromatic carbocycles. The van der Waals surface area contributed by atoms with Gasteiger partial charge in [-0.3, -0.25) is 0 Å². The third kappa shape index (κ3) is 7.51. The first kappa shape index (κ1) is 24.5. The molecule has 0 aliphatic heterocycles. The summed E-state index contributed by atoms with van der Waals surface area (Å²) in [6.07, 6.45) is 5.87. The number of sulfonamides is 1. The SMILES string of the molecule is I.NC(=NCc1cccc(S(=O)(=O)NCc2cccc(F)c2)c1)NC1CCCCC1. The van der Waals surface area contributed by atoms with Crippen molar-refractivity contribution < 1.29 is 12.8 Å². The number of guanidine groups is 1. The largest absolute Gasteiger partial charge is 0.370 e. The Bertz CT molecular complexity index is 963. The first-order valence-electron chi connectivity index (χ1n) is 9.82. The lowest BCUT2D eigenvalue weighted by atomic mass is 9.96. The van der Waals surface area contributed by atoms with Crippen molar-refractivity contribution in [2.45, 2.75) is 56.1 Å². The van der Waals surface area contributed by atoms with Gasteiger partial charge in [0.1, 0.15) is 5.82 Å². The maximum absolute atomic E-state index is 13.3. The Morgan fingerprint density at radius 2 is 1.77 bits per heavy atom. The van der Waals surface area contributed by atoms with E-state index in [9.17, 15) is 12.8 Å². The monoisotopic (exact) mass is 546 g/mol. The van der Waals surface area contributed by atoms with E-state index in [1.165, 1.54) is 37.5 Å². The fraction of sp³-hybridized carbons (Fsp3) is 0.381. The van der Waals surface area contributed by atoms with Gasteiger partial charge < -0.3 is 11.1 Å². The standard InChI is InChI=1S/C21H27FN4O2S.HI/c22-18-8-4-6-16(12-18)15-25-29(27,28)20-11-5-7-17(13-20)14-24-21(23)26-19-9-2-1-3-10-19;/h4-8,11-13,19,25H,1-3,9-10,14-15H2,(H3,23,24,26);1H. The Labute approximate surface area is 194 Å². The lowest BCUT2D eigenvalue weighted by Gasteiger charge is -2.23. The van der Waals surface area contributed by atoms with Gasteiger partial charge in [-0.05, 0) is 48.2 Å². The smallest absolute Gasteiger partial charge is 0.240 e. The predicted molar refractivity (Wildman–Crippen MR) is 128 cm³/mol. The maximum atomic E-state index is 13.3. The van der Waals surface area contributed by atoms with Gasteiger partial charge in [0, 0.05) is 12.6 Å². The highest BCUT2D eigenvalue weighted by Gasteiger charge is 2.15. The van der Waals surface area contributed by atoms with Crippen molar-refractivity contribution in [3.05, 3.63) is 65.5 Å². The number of rotatable bonds is 7. The molecule has 1 fully saturated rings. The first-order valence-corrected chi connectivity index (χ1v) is 11.3. The summed E-state index contributed by atoms with van der Waals surface area (Å²) in [6.45, 7) is 0.305. The predicted octanol–water partition coefficient (Wildman–Crippen LogP) is 3.66. The zero-order chi connectivity index (χ0) is 20.7. The van der Waals surface area contributed by atoms with Crippen LogP contribution in [0.4, 0.5) is 4.39 Å². The molecule has 2 aromatic rings. The summed E-state index contributed by atoms with van der Waals surface area (Å²) in [7, 11) is -3.72. The van der Waals surface area contributed by atoms with Crippen LogP contribution in [0.1, 0.15) is 43.2 Å². The molecular weight excluding hydrogens is 518 g/mol. The number of nitrogens with zero attached hydrogens (tertiary/aromatic N) is 1. The minimum atomic E-state index is -3.72. The van der Waals surface area contributed by atoms with Crippen molar-refractivity contribution in [3.8, 4) is 0 Å². The molecule has 30 heavy (non-hydrogen) atoms. The van der Waals surface area contributed by atoms with Crippen LogP contribution in [0.3, 0.4) is 0 Å². The molecule has 1 saturated carbocycles. The zero-order valence-corrected chi connectivity index (χ0v) is 19.8. The van der Waals surface area contributed by atoms with E-state index in [4.69, 9.17) is 5.73 Å². The third-order valence-corrected chi connectivity index (χ3v) is 6.35. The Kier molecular flexibility index (Phi) is 9.50. The molecule has 3 rings (SSSR count). The molecule has 0 saturated heterocycles. The van der Waals surface area contributed by atoms with Crippen LogP contribution in [0.2, 0.25) is 0 Å². The molecule has 0 atom stereocenters. The van der Waals surface area contributed by atoms with Gasteiger partial charge in [-0.2, -0.15) is 0 Å². The zero-order valence-electron chi connectivity index (χ0n) is 16.7. The Balaban J connectivity index is 0.00000320. The quantitative estimate of drug-likeness (QED) is 0.281. The summed E-state index contributed by atoms with van der Waals surface area (Å²) < 4.78 is 40.9. The summed E-state index contributed by atoms with van der Waals surface area (Å²) in [5.41, 5.74) is 7.27. The highest BCUT2D eigenvalue weighted by molar-refractivity contribution is 14.0. The molecule has 0 amide bonds. The topological polar surface area (TPSA) is 96.6 Å². The fourth-order valence-electron chi connectivity index (χ4n) is 3.40. The summed E-state index contributed by atoms with van der Waals surface area (Å²) in [6, 6.07) is 12.8. The molecule has 6 nitrogen and oxygen atoms in total. The Hall–Kier alpha value is -1.72. The van der Waals surface area contributed by atoms with Gasteiger partial charge in [0.05, 0.1) is 11.4 Å². The molecule has 0 heterocycles. The van der Waals surface area contributed by atoms with E-state index in [-0.39, 0.29) is 35.4 Å². The fourth-order valence-corrected chi connectivity index (χ4v) is 4.49. The number of benzene rings is 2. The van der Waals surface area contributed by atoms with Crippen LogP contribution in [-0.2, 0) is 23.1 Å². The minimum Gasteiger partial charge on any atom is -0.370 e. The average Bonchev–Trinajstić information content (AvgIpc) is 2.72. The van der Waals surface area contributed by atoms with Crippen molar-refractivity contribution in [2.75, 3.05) is 0 Å². The van der Waals surface area contributed by atoms with Gasteiger partial charge in [-0.25, -0.2) is 22.5 Å². The molecule has 4 N–H and O–H groups in total. The first-order chi connectivity index (χ1) is 13.9. The van der Waals surface area contributed by atoms with E-state index in [0.29, 0.717) is 24.1 Å². The van der Waals surface area contributed by atoms with E-state index in [0.717, 1.165) is 18.4 Å². The lowest BCUT2D eigenvalue weighted by Crippen LogP contribution is -2.41. The minimum absolute atomic E-state index is 0. The van der Waals surface area contributed by atoms with E-state index in [1.807, 2.05) is 6.07 Å². The molecule has 0 spiro atoms. The van der Waals surface area contributed by atoms with Gasteiger partial charge in [-0.1, -0.05) is 43.5 Å². The van der Waals surface area contributed by atoms with Crippen molar-refractivity contribution in [1.82, 2.24) is 10.0 Å². The molecule has 0 bridgehead atoms. The van der Waals surface area contributed by atoms with Crippen LogP contribution in [0.25, 0.3) is 0 Å². The van der Waals surface area contributed by atoms with Crippen LogP contribution in [0.15, 0.2) is 58.4 Å². The van der Waals surface area contributed by atoms with E-state index in [1.54, 1.807) is 24.3 Å². The summed E-state index contributed by atoms with van der Waals surface area (Å²) in [4.78, 5) is 4.48. The van der Waals surface area contributed by atoms with Gasteiger partial charge >= 0.3 is 0 Å². The molecule has 1 aliphatic carbocycles. The van der Waals surface area contributed by atoms with Crippen LogP contribution in [0.5, 0.6) is 0 Å².